The van der Waals surface area contributed by atoms with E-state index in [1.165, 1.54) is 18.2 Å². The van der Waals surface area contributed by atoms with Gasteiger partial charge in [0, 0.05) is 0 Å². The lowest BCUT2D eigenvalue weighted by atomic mass is 10.2. The second-order valence-corrected chi connectivity index (χ2v) is 4.60. The standard InChI is InChI=1S/C12H10Cl2FN3O/c1-6-2-3-9(15)10(4-6)19-12-8(14)5-7(13)11(17-12)18-16/h2-5H,16H2,1H3,(H,17,18). The molecule has 1 aromatic heterocycles. The fourth-order valence-corrected chi connectivity index (χ4v) is 1.87. The number of anilines is 1. The number of nitrogens with two attached hydrogens (primary N) is 1. The number of nitrogens with zero attached hydrogens (tertiary/aromatic N) is 1. The van der Waals surface area contributed by atoms with Crippen LogP contribution < -0.4 is 16.0 Å². The highest BCUT2D eigenvalue weighted by atomic mass is 35.5. The Morgan fingerprint density at radius 1 is 1.26 bits per heavy atom. The molecule has 0 aliphatic heterocycles. The predicted octanol–water partition coefficient (Wildman–Crippen LogP) is 3.91. The Labute approximate surface area is 119 Å². The van der Waals surface area contributed by atoms with Crippen LogP contribution in [0.1, 0.15) is 5.56 Å². The minimum atomic E-state index is -0.513. The number of nitrogens with one attached hydrogen (secondary N) is 1. The molecule has 3 N–H and O–H groups in total. The predicted molar refractivity (Wildman–Crippen MR) is 73.3 cm³/mol. The van der Waals surface area contributed by atoms with Crippen molar-refractivity contribution in [3.05, 3.63) is 45.7 Å². The van der Waals surface area contributed by atoms with E-state index in [0.717, 1.165) is 5.56 Å². The SMILES string of the molecule is Cc1ccc(F)c(Oc2nc(NN)c(Cl)cc2Cl)c1. The molecule has 100 valence electrons. The van der Waals surface area contributed by atoms with Gasteiger partial charge in [0.2, 0.25) is 5.88 Å². The van der Waals surface area contributed by atoms with E-state index >= 15 is 0 Å². The van der Waals surface area contributed by atoms with Crippen molar-refractivity contribution in [1.82, 2.24) is 4.98 Å². The summed E-state index contributed by atoms with van der Waals surface area (Å²) < 4.78 is 18.9. The normalized spacial score (nSPS) is 10.4. The molecule has 0 atom stereocenters. The van der Waals surface area contributed by atoms with Crippen LogP contribution in [0.3, 0.4) is 0 Å². The number of aromatic nitrogens is 1. The Bertz CT molecular complexity index is 622. The number of pyridine rings is 1. The molecule has 0 fully saturated rings. The molecular weight excluding hydrogens is 292 g/mol. The van der Waals surface area contributed by atoms with Gasteiger partial charge in [-0.15, -0.1) is 0 Å². The fraction of sp³-hybridized carbons (Fsp3) is 0.0833. The van der Waals surface area contributed by atoms with Crippen LogP contribution in [0.25, 0.3) is 0 Å². The van der Waals surface area contributed by atoms with Crippen molar-refractivity contribution in [2.24, 2.45) is 5.84 Å². The van der Waals surface area contributed by atoms with Gasteiger partial charge in [0.15, 0.2) is 17.4 Å². The van der Waals surface area contributed by atoms with Crippen LogP contribution in [0.15, 0.2) is 24.3 Å². The number of aryl methyl sites for hydroxylation is 1. The molecule has 1 heterocycles. The molecule has 0 aliphatic carbocycles. The molecule has 7 heteroatoms. The summed E-state index contributed by atoms with van der Waals surface area (Å²) >= 11 is 11.8. The van der Waals surface area contributed by atoms with Crippen LogP contribution in [0.4, 0.5) is 10.2 Å². The smallest absolute Gasteiger partial charge is 0.240 e. The zero-order valence-electron chi connectivity index (χ0n) is 9.88. The molecule has 1 aromatic carbocycles. The number of ether oxygens (including phenoxy) is 1. The number of benzene rings is 1. The van der Waals surface area contributed by atoms with E-state index in [-0.39, 0.29) is 27.5 Å². The summed E-state index contributed by atoms with van der Waals surface area (Å²) in [5, 5.41) is 0.398. The van der Waals surface area contributed by atoms with Gasteiger partial charge in [0.05, 0.1) is 5.02 Å². The van der Waals surface area contributed by atoms with Crippen molar-refractivity contribution in [3.8, 4) is 11.6 Å². The number of rotatable bonds is 3. The van der Waals surface area contributed by atoms with Gasteiger partial charge in [-0.05, 0) is 30.7 Å². The first-order chi connectivity index (χ1) is 9.01. The molecule has 0 unspecified atom stereocenters. The molecule has 0 bridgehead atoms. The summed E-state index contributed by atoms with van der Waals surface area (Å²) in [6, 6.07) is 5.88. The first-order valence-electron chi connectivity index (χ1n) is 5.28. The molecule has 0 saturated carbocycles. The summed E-state index contributed by atoms with van der Waals surface area (Å²) in [5.41, 5.74) is 3.15. The summed E-state index contributed by atoms with van der Waals surface area (Å²) in [6.45, 7) is 1.82. The lowest BCUT2D eigenvalue weighted by molar-refractivity contribution is 0.428. The monoisotopic (exact) mass is 301 g/mol. The average Bonchev–Trinajstić information content (AvgIpc) is 2.37. The maximum Gasteiger partial charge on any atom is 0.240 e. The quantitative estimate of drug-likeness (QED) is 0.666. The van der Waals surface area contributed by atoms with E-state index < -0.39 is 5.82 Å². The van der Waals surface area contributed by atoms with Crippen LogP contribution in [-0.4, -0.2) is 4.98 Å². The average molecular weight is 302 g/mol. The van der Waals surface area contributed by atoms with Gasteiger partial charge in [-0.2, -0.15) is 4.98 Å². The van der Waals surface area contributed by atoms with Gasteiger partial charge >= 0.3 is 0 Å². The number of hydrogen-bond donors (Lipinski definition) is 2. The topological polar surface area (TPSA) is 60.2 Å². The van der Waals surface area contributed by atoms with Crippen molar-refractivity contribution < 1.29 is 9.13 Å². The number of hydrogen-bond acceptors (Lipinski definition) is 4. The Balaban J connectivity index is 2.40. The van der Waals surface area contributed by atoms with Gasteiger partial charge in [0.1, 0.15) is 5.02 Å². The summed E-state index contributed by atoms with van der Waals surface area (Å²) in [5.74, 6) is 4.97. The summed E-state index contributed by atoms with van der Waals surface area (Å²) in [6.07, 6.45) is 0. The van der Waals surface area contributed by atoms with Crippen molar-refractivity contribution in [2.75, 3.05) is 5.43 Å². The van der Waals surface area contributed by atoms with Crippen molar-refractivity contribution in [1.29, 1.82) is 0 Å². The maximum atomic E-state index is 13.6. The lowest BCUT2D eigenvalue weighted by Crippen LogP contribution is -2.09. The third-order valence-corrected chi connectivity index (χ3v) is 2.89. The van der Waals surface area contributed by atoms with Gasteiger partial charge in [-0.25, -0.2) is 10.2 Å². The summed E-state index contributed by atoms with van der Waals surface area (Å²) in [7, 11) is 0. The van der Waals surface area contributed by atoms with Crippen molar-refractivity contribution >= 4 is 29.0 Å². The van der Waals surface area contributed by atoms with Gasteiger partial charge < -0.3 is 10.2 Å². The second-order valence-electron chi connectivity index (χ2n) is 3.79. The molecule has 4 nitrogen and oxygen atoms in total. The van der Waals surface area contributed by atoms with E-state index in [4.69, 9.17) is 33.8 Å². The van der Waals surface area contributed by atoms with E-state index in [9.17, 15) is 4.39 Å². The molecule has 0 spiro atoms. The third-order valence-electron chi connectivity index (χ3n) is 2.33. The Morgan fingerprint density at radius 3 is 2.68 bits per heavy atom. The van der Waals surface area contributed by atoms with Gasteiger partial charge in [0.25, 0.3) is 0 Å². The largest absolute Gasteiger partial charge is 0.434 e. The molecule has 2 rings (SSSR count). The Hall–Kier alpha value is -1.56. The highest BCUT2D eigenvalue weighted by molar-refractivity contribution is 6.36. The second kappa shape index (κ2) is 5.61. The Kier molecular flexibility index (Phi) is 4.09. The zero-order chi connectivity index (χ0) is 14.0. The first-order valence-corrected chi connectivity index (χ1v) is 6.03. The van der Waals surface area contributed by atoms with Crippen LogP contribution >= 0.6 is 23.2 Å². The maximum absolute atomic E-state index is 13.6. The van der Waals surface area contributed by atoms with Crippen LogP contribution in [0.2, 0.25) is 10.0 Å². The molecule has 0 saturated heterocycles. The van der Waals surface area contributed by atoms with Crippen LogP contribution in [0, 0.1) is 12.7 Å². The molecule has 0 aliphatic rings. The number of hydrazine groups is 1. The molecule has 2 aromatic rings. The lowest BCUT2D eigenvalue weighted by Gasteiger charge is -2.10. The molecule has 0 amide bonds. The van der Waals surface area contributed by atoms with Crippen LogP contribution in [0.5, 0.6) is 11.6 Å². The van der Waals surface area contributed by atoms with E-state index in [1.807, 2.05) is 6.92 Å². The van der Waals surface area contributed by atoms with Gasteiger partial charge in [-0.3, -0.25) is 0 Å². The van der Waals surface area contributed by atoms with Crippen molar-refractivity contribution in [2.45, 2.75) is 6.92 Å². The minimum Gasteiger partial charge on any atom is -0.434 e. The summed E-state index contributed by atoms with van der Waals surface area (Å²) in [4.78, 5) is 3.97. The fourth-order valence-electron chi connectivity index (χ4n) is 1.42. The zero-order valence-corrected chi connectivity index (χ0v) is 11.4. The number of halogens is 3. The number of nitrogen functional groups attached to an aromatic ring is 1. The van der Waals surface area contributed by atoms with Crippen molar-refractivity contribution in [3.63, 3.8) is 0 Å². The molecule has 0 radical (unpaired) electrons. The first kappa shape index (κ1) is 13.9. The van der Waals surface area contributed by atoms with E-state index in [2.05, 4.69) is 10.4 Å². The molecular formula is C12H10Cl2FN3O. The minimum absolute atomic E-state index is 0.0171. The van der Waals surface area contributed by atoms with Crippen LogP contribution in [-0.2, 0) is 0 Å². The third kappa shape index (κ3) is 3.07. The highest BCUT2D eigenvalue weighted by Crippen LogP contribution is 2.34. The molecule has 19 heavy (non-hydrogen) atoms. The van der Waals surface area contributed by atoms with Gasteiger partial charge in [-0.1, -0.05) is 29.3 Å². The van der Waals surface area contributed by atoms with E-state index in [1.54, 1.807) is 6.07 Å². The Morgan fingerprint density at radius 2 is 2.00 bits per heavy atom. The highest BCUT2D eigenvalue weighted by Gasteiger charge is 2.13. The van der Waals surface area contributed by atoms with E-state index in [0.29, 0.717) is 0 Å².